The number of carbonyl (C=O) groups is 2. The van der Waals surface area contributed by atoms with Crippen LogP contribution in [0.2, 0.25) is 0 Å². The molecule has 0 saturated heterocycles. The highest BCUT2D eigenvalue weighted by atomic mass is 16.2. The molecule has 1 rings (SSSR count). The van der Waals surface area contributed by atoms with E-state index in [1.165, 1.54) is 0 Å². The van der Waals surface area contributed by atoms with Gasteiger partial charge in [0.1, 0.15) is 6.04 Å². The summed E-state index contributed by atoms with van der Waals surface area (Å²) in [5.41, 5.74) is 2.52. The molecule has 0 aliphatic heterocycles. The zero-order chi connectivity index (χ0) is 15.1. The minimum absolute atomic E-state index is 0.135. The van der Waals surface area contributed by atoms with Crippen LogP contribution < -0.4 is 10.6 Å². The van der Waals surface area contributed by atoms with Crippen LogP contribution >= 0.6 is 0 Å². The Bertz CT molecular complexity index is 526. The van der Waals surface area contributed by atoms with Gasteiger partial charge in [0.05, 0.1) is 12.6 Å². The predicted molar refractivity (Wildman–Crippen MR) is 76.1 cm³/mol. The van der Waals surface area contributed by atoms with Crippen molar-refractivity contribution >= 4 is 11.8 Å². The summed E-state index contributed by atoms with van der Waals surface area (Å²) in [7, 11) is 0. The second-order valence-electron chi connectivity index (χ2n) is 4.72. The van der Waals surface area contributed by atoms with E-state index in [0.29, 0.717) is 12.0 Å². The third kappa shape index (κ3) is 4.73. The zero-order valence-corrected chi connectivity index (χ0v) is 12.0. The Balaban J connectivity index is 2.55. The molecule has 0 fully saturated rings. The van der Waals surface area contributed by atoms with Crippen molar-refractivity contribution in [3.05, 3.63) is 34.9 Å². The van der Waals surface area contributed by atoms with Gasteiger partial charge < -0.3 is 10.6 Å². The van der Waals surface area contributed by atoms with Crippen LogP contribution in [0.4, 0.5) is 0 Å². The number of carbonyl (C=O) groups excluding carboxylic acids is 2. The Morgan fingerprint density at radius 2 is 1.85 bits per heavy atom. The van der Waals surface area contributed by atoms with Gasteiger partial charge in [-0.3, -0.25) is 9.59 Å². The molecule has 2 N–H and O–H groups in total. The van der Waals surface area contributed by atoms with Crippen molar-refractivity contribution in [1.29, 1.82) is 5.26 Å². The van der Waals surface area contributed by atoms with Crippen LogP contribution in [0, 0.1) is 25.2 Å². The van der Waals surface area contributed by atoms with Crippen LogP contribution in [-0.4, -0.2) is 24.4 Å². The van der Waals surface area contributed by atoms with Gasteiger partial charge in [0.15, 0.2) is 0 Å². The summed E-state index contributed by atoms with van der Waals surface area (Å²) in [5, 5.41) is 13.8. The summed E-state index contributed by atoms with van der Waals surface area (Å²) in [6, 6.07) is 6.97. The molecule has 1 atom stereocenters. The zero-order valence-electron chi connectivity index (χ0n) is 12.0. The molecule has 5 nitrogen and oxygen atoms in total. The third-order valence-corrected chi connectivity index (χ3v) is 2.79. The topological polar surface area (TPSA) is 82.0 Å². The van der Waals surface area contributed by atoms with E-state index in [0.717, 1.165) is 11.1 Å². The smallest absolute Gasteiger partial charge is 0.251 e. The Morgan fingerprint density at radius 3 is 2.35 bits per heavy atom. The van der Waals surface area contributed by atoms with Crippen LogP contribution in [0.5, 0.6) is 0 Å². The fourth-order valence-corrected chi connectivity index (χ4v) is 1.84. The van der Waals surface area contributed by atoms with Crippen molar-refractivity contribution in [3.8, 4) is 6.07 Å². The lowest BCUT2D eigenvalue weighted by Crippen LogP contribution is -2.41. The fourth-order valence-electron chi connectivity index (χ4n) is 1.84. The average Bonchev–Trinajstić information content (AvgIpc) is 2.41. The van der Waals surface area contributed by atoms with Crippen molar-refractivity contribution in [3.63, 3.8) is 0 Å². The molecule has 20 heavy (non-hydrogen) atoms. The molecule has 106 valence electrons. The number of nitrogens with one attached hydrogen (secondary N) is 2. The number of amides is 2. The number of hydrogen-bond acceptors (Lipinski definition) is 3. The van der Waals surface area contributed by atoms with Gasteiger partial charge >= 0.3 is 0 Å². The first-order valence-corrected chi connectivity index (χ1v) is 6.51. The molecule has 0 unspecified atom stereocenters. The number of nitrogens with zero attached hydrogens (tertiary/aromatic N) is 1. The van der Waals surface area contributed by atoms with E-state index in [2.05, 4.69) is 10.6 Å². The van der Waals surface area contributed by atoms with Crippen LogP contribution in [0.1, 0.15) is 34.8 Å². The van der Waals surface area contributed by atoms with E-state index in [1.807, 2.05) is 32.9 Å². The van der Waals surface area contributed by atoms with E-state index >= 15 is 0 Å². The van der Waals surface area contributed by atoms with E-state index in [9.17, 15) is 9.59 Å². The second-order valence-corrected chi connectivity index (χ2v) is 4.72. The summed E-state index contributed by atoms with van der Waals surface area (Å²) in [6.07, 6.45) is 0.535. The summed E-state index contributed by atoms with van der Waals surface area (Å²) in [6.45, 7) is 5.50. The number of aryl methyl sites for hydroxylation is 2. The summed E-state index contributed by atoms with van der Waals surface area (Å²) in [5.74, 6) is -0.659. The Hall–Kier alpha value is -2.35. The van der Waals surface area contributed by atoms with Crippen molar-refractivity contribution < 1.29 is 9.59 Å². The first-order chi connectivity index (χ1) is 9.46. The van der Waals surface area contributed by atoms with Crippen LogP contribution in [-0.2, 0) is 4.79 Å². The second kappa shape index (κ2) is 7.29. The van der Waals surface area contributed by atoms with E-state index in [4.69, 9.17) is 5.26 Å². The highest BCUT2D eigenvalue weighted by molar-refractivity contribution is 5.96. The minimum atomic E-state index is -0.513. The molecule has 1 aromatic rings. The molecule has 0 heterocycles. The van der Waals surface area contributed by atoms with Gasteiger partial charge in [-0.25, -0.2) is 0 Å². The maximum atomic E-state index is 11.9. The summed E-state index contributed by atoms with van der Waals surface area (Å²) in [4.78, 5) is 23.5. The van der Waals surface area contributed by atoms with Gasteiger partial charge in [-0.2, -0.15) is 5.26 Å². The molecule has 1 aromatic carbocycles. The molecule has 0 aliphatic carbocycles. The lowest BCUT2D eigenvalue weighted by Gasteiger charge is -2.10. The van der Waals surface area contributed by atoms with Crippen molar-refractivity contribution in [2.75, 3.05) is 6.54 Å². The molecule has 5 heteroatoms. The highest BCUT2D eigenvalue weighted by Gasteiger charge is 2.11. The standard InChI is InChI=1S/C15H19N3O2/c1-4-13(8-16)18-14(19)9-17-15(20)12-6-10(2)5-11(3)7-12/h5-7,13H,4,9H2,1-3H3,(H,17,20)(H,18,19)/t13-/m0/s1. The van der Waals surface area contributed by atoms with Crippen LogP contribution in [0.25, 0.3) is 0 Å². The predicted octanol–water partition coefficient (Wildman–Crippen LogP) is 1.45. The lowest BCUT2D eigenvalue weighted by atomic mass is 10.1. The average molecular weight is 273 g/mol. The molecule has 0 radical (unpaired) electrons. The third-order valence-electron chi connectivity index (χ3n) is 2.79. The van der Waals surface area contributed by atoms with Gasteiger partial charge in [-0.1, -0.05) is 24.1 Å². The molecular formula is C15H19N3O2. The molecule has 0 aliphatic rings. The van der Waals surface area contributed by atoms with Crippen molar-refractivity contribution in [2.24, 2.45) is 0 Å². The van der Waals surface area contributed by atoms with Gasteiger partial charge in [0.2, 0.25) is 5.91 Å². The molecule has 0 spiro atoms. The van der Waals surface area contributed by atoms with Crippen LogP contribution in [0.3, 0.4) is 0 Å². The maximum absolute atomic E-state index is 11.9. The summed E-state index contributed by atoms with van der Waals surface area (Å²) >= 11 is 0. The van der Waals surface area contributed by atoms with Gasteiger partial charge in [-0.05, 0) is 32.4 Å². The number of benzene rings is 1. The summed E-state index contributed by atoms with van der Waals surface area (Å²) < 4.78 is 0. The number of rotatable bonds is 5. The SMILES string of the molecule is CC[C@@H](C#N)NC(=O)CNC(=O)c1cc(C)cc(C)c1. The van der Waals surface area contributed by atoms with Gasteiger partial charge in [0.25, 0.3) is 5.91 Å². The first-order valence-electron chi connectivity index (χ1n) is 6.51. The Labute approximate surface area is 119 Å². The number of nitriles is 1. The Kier molecular flexibility index (Phi) is 5.73. The van der Waals surface area contributed by atoms with Gasteiger partial charge in [0, 0.05) is 5.56 Å². The molecule has 0 aromatic heterocycles. The largest absolute Gasteiger partial charge is 0.343 e. The van der Waals surface area contributed by atoms with Crippen molar-refractivity contribution in [2.45, 2.75) is 33.2 Å². The first kappa shape index (κ1) is 15.7. The van der Waals surface area contributed by atoms with Gasteiger partial charge in [-0.15, -0.1) is 0 Å². The normalized spacial score (nSPS) is 11.3. The lowest BCUT2D eigenvalue weighted by molar-refractivity contribution is -0.120. The quantitative estimate of drug-likeness (QED) is 0.852. The minimum Gasteiger partial charge on any atom is -0.343 e. The molecule has 0 saturated carbocycles. The maximum Gasteiger partial charge on any atom is 0.251 e. The molecular weight excluding hydrogens is 254 g/mol. The van der Waals surface area contributed by atoms with Crippen LogP contribution in [0.15, 0.2) is 18.2 Å². The monoisotopic (exact) mass is 273 g/mol. The number of hydrogen-bond donors (Lipinski definition) is 2. The molecule has 0 bridgehead atoms. The fraction of sp³-hybridized carbons (Fsp3) is 0.400. The van der Waals surface area contributed by atoms with E-state index < -0.39 is 6.04 Å². The highest BCUT2D eigenvalue weighted by Crippen LogP contribution is 2.08. The van der Waals surface area contributed by atoms with E-state index in [-0.39, 0.29) is 18.4 Å². The van der Waals surface area contributed by atoms with E-state index in [1.54, 1.807) is 12.1 Å². The van der Waals surface area contributed by atoms with Crippen molar-refractivity contribution in [1.82, 2.24) is 10.6 Å². The Morgan fingerprint density at radius 1 is 1.25 bits per heavy atom. The molecule has 2 amide bonds.